The van der Waals surface area contributed by atoms with Crippen molar-refractivity contribution in [1.29, 1.82) is 0 Å². The van der Waals surface area contributed by atoms with E-state index in [1.165, 1.54) is 11.8 Å². The molecule has 2 aromatic rings. The van der Waals surface area contributed by atoms with Gasteiger partial charge in [0.1, 0.15) is 5.03 Å². The molecule has 4 nitrogen and oxygen atoms in total. The van der Waals surface area contributed by atoms with Crippen molar-refractivity contribution in [2.75, 3.05) is 24.7 Å². The van der Waals surface area contributed by atoms with Crippen LogP contribution in [0.1, 0.15) is 0 Å². The number of thioether (sulfide) groups is 1. The van der Waals surface area contributed by atoms with Crippen molar-refractivity contribution in [1.82, 2.24) is 9.97 Å². The van der Waals surface area contributed by atoms with E-state index in [0.29, 0.717) is 11.7 Å². The Balaban J connectivity index is 2.50. The third kappa shape index (κ3) is 2.25. The Bertz CT molecular complexity index is 490. The second-order valence-corrected chi connectivity index (χ2v) is 4.28. The average molecular weight is 235 g/mol. The lowest BCUT2D eigenvalue weighted by Gasteiger charge is -2.06. The van der Waals surface area contributed by atoms with Gasteiger partial charge in [-0.05, 0) is 6.07 Å². The zero-order chi connectivity index (χ0) is 11.4. The van der Waals surface area contributed by atoms with Crippen molar-refractivity contribution >= 4 is 28.6 Å². The van der Waals surface area contributed by atoms with Gasteiger partial charge in [0.05, 0.1) is 12.1 Å². The van der Waals surface area contributed by atoms with E-state index in [0.717, 1.165) is 15.9 Å². The number of aliphatic hydroxyl groups is 1. The molecule has 0 bridgehead atoms. The number of nitrogens with one attached hydrogen (secondary N) is 1. The van der Waals surface area contributed by atoms with Crippen LogP contribution in [0.2, 0.25) is 0 Å². The SMILES string of the molecule is CNc1nc(SCCO)c2ccccc2n1. The molecule has 16 heavy (non-hydrogen) atoms. The number of nitrogens with zero attached hydrogens (tertiary/aromatic N) is 2. The fourth-order valence-electron chi connectivity index (χ4n) is 1.41. The maximum absolute atomic E-state index is 8.85. The van der Waals surface area contributed by atoms with E-state index in [2.05, 4.69) is 15.3 Å². The molecular formula is C11H13N3OS. The lowest BCUT2D eigenvalue weighted by atomic mass is 10.2. The van der Waals surface area contributed by atoms with Gasteiger partial charge in [-0.1, -0.05) is 18.2 Å². The normalized spacial score (nSPS) is 10.6. The molecule has 5 heteroatoms. The number of para-hydroxylation sites is 1. The van der Waals surface area contributed by atoms with Crippen molar-refractivity contribution in [3.63, 3.8) is 0 Å². The van der Waals surface area contributed by atoms with E-state index in [9.17, 15) is 0 Å². The summed E-state index contributed by atoms with van der Waals surface area (Å²) in [5.41, 5.74) is 0.919. The molecule has 0 atom stereocenters. The number of aliphatic hydroxyl groups excluding tert-OH is 1. The molecule has 2 rings (SSSR count). The lowest BCUT2D eigenvalue weighted by Crippen LogP contribution is -1.99. The van der Waals surface area contributed by atoms with Gasteiger partial charge in [-0.15, -0.1) is 11.8 Å². The van der Waals surface area contributed by atoms with Crippen molar-refractivity contribution in [3.8, 4) is 0 Å². The van der Waals surface area contributed by atoms with E-state index in [-0.39, 0.29) is 6.61 Å². The molecule has 0 amide bonds. The molecule has 84 valence electrons. The van der Waals surface area contributed by atoms with Gasteiger partial charge in [0, 0.05) is 18.2 Å². The summed E-state index contributed by atoms with van der Waals surface area (Å²) in [4.78, 5) is 8.75. The van der Waals surface area contributed by atoms with Crippen LogP contribution >= 0.6 is 11.8 Å². The Morgan fingerprint density at radius 1 is 1.31 bits per heavy atom. The van der Waals surface area contributed by atoms with Crippen molar-refractivity contribution < 1.29 is 5.11 Å². The minimum atomic E-state index is 0.151. The molecular weight excluding hydrogens is 222 g/mol. The monoisotopic (exact) mass is 235 g/mol. The topological polar surface area (TPSA) is 58.0 Å². The average Bonchev–Trinajstić information content (AvgIpc) is 2.35. The van der Waals surface area contributed by atoms with Crippen molar-refractivity contribution in [2.24, 2.45) is 0 Å². The molecule has 1 aromatic carbocycles. The molecule has 0 fully saturated rings. The van der Waals surface area contributed by atoms with Crippen LogP contribution < -0.4 is 5.32 Å². The molecule has 0 saturated carbocycles. The van der Waals surface area contributed by atoms with Crippen molar-refractivity contribution in [3.05, 3.63) is 24.3 Å². The Morgan fingerprint density at radius 2 is 2.12 bits per heavy atom. The van der Waals surface area contributed by atoms with Crippen LogP contribution in [-0.2, 0) is 0 Å². The highest BCUT2D eigenvalue weighted by Crippen LogP contribution is 2.25. The largest absolute Gasteiger partial charge is 0.396 e. The zero-order valence-corrected chi connectivity index (χ0v) is 9.79. The van der Waals surface area contributed by atoms with E-state index in [1.54, 1.807) is 7.05 Å². The second kappa shape index (κ2) is 5.14. The Hall–Kier alpha value is -1.33. The number of fused-ring (bicyclic) bond motifs is 1. The summed E-state index contributed by atoms with van der Waals surface area (Å²) in [5.74, 6) is 1.25. The first-order valence-corrected chi connectivity index (χ1v) is 6.02. The van der Waals surface area contributed by atoms with Crippen LogP contribution in [0.5, 0.6) is 0 Å². The van der Waals surface area contributed by atoms with Crippen LogP contribution in [-0.4, -0.2) is 34.5 Å². The lowest BCUT2D eigenvalue weighted by molar-refractivity contribution is 0.322. The maximum Gasteiger partial charge on any atom is 0.224 e. The number of anilines is 1. The smallest absolute Gasteiger partial charge is 0.224 e. The molecule has 0 unspecified atom stereocenters. The molecule has 2 N–H and O–H groups in total. The molecule has 1 heterocycles. The standard InChI is InChI=1S/C11H13N3OS/c1-12-11-13-9-5-3-2-4-8(9)10(14-11)16-7-6-15/h2-5,15H,6-7H2,1H3,(H,12,13,14). The van der Waals surface area contributed by atoms with Crippen LogP contribution in [0.4, 0.5) is 5.95 Å². The van der Waals surface area contributed by atoms with E-state index >= 15 is 0 Å². The number of hydrogen-bond acceptors (Lipinski definition) is 5. The summed E-state index contributed by atoms with van der Waals surface area (Å²) in [7, 11) is 1.80. The zero-order valence-electron chi connectivity index (χ0n) is 8.97. The quantitative estimate of drug-likeness (QED) is 0.624. The predicted octanol–water partition coefficient (Wildman–Crippen LogP) is 1.76. The highest BCUT2D eigenvalue weighted by molar-refractivity contribution is 7.99. The van der Waals surface area contributed by atoms with Gasteiger partial charge in [-0.2, -0.15) is 0 Å². The van der Waals surface area contributed by atoms with E-state index in [1.807, 2.05) is 24.3 Å². The summed E-state index contributed by atoms with van der Waals surface area (Å²) in [6, 6.07) is 7.87. The van der Waals surface area contributed by atoms with Gasteiger partial charge >= 0.3 is 0 Å². The molecule has 0 aliphatic rings. The minimum absolute atomic E-state index is 0.151. The molecule has 1 aromatic heterocycles. The van der Waals surface area contributed by atoms with Crippen LogP contribution in [0.15, 0.2) is 29.3 Å². The van der Waals surface area contributed by atoms with E-state index < -0.39 is 0 Å². The molecule has 0 aliphatic heterocycles. The van der Waals surface area contributed by atoms with Gasteiger partial charge in [-0.3, -0.25) is 0 Å². The van der Waals surface area contributed by atoms with Crippen LogP contribution in [0, 0.1) is 0 Å². The number of benzene rings is 1. The van der Waals surface area contributed by atoms with Gasteiger partial charge in [-0.25, -0.2) is 9.97 Å². The summed E-state index contributed by atoms with van der Waals surface area (Å²) in [5, 5.41) is 13.7. The molecule has 0 saturated heterocycles. The molecule has 0 aliphatic carbocycles. The highest BCUT2D eigenvalue weighted by Gasteiger charge is 2.06. The minimum Gasteiger partial charge on any atom is -0.396 e. The Morgan fingerprint density at radius 3 is 2.88 bits per heavy atom. The first-order chi connectivity index (χ1) is 7.85. The van der Waals surface area contributed by atoms with Gasteiger partial charge in [0.2, 0.25) is 5.95 Å². The fraction of sp³-hybridized carbons (Fsp3) is 0.273. The summed E-state index contributed by atoms with van der Waals surface area (Å²) >= 11 is 1.54. The van der Waals surface area contributed by atoms with Gasteiger partial charge in [0.25, 0.3) is 0 Å². The summed E-state index contributed by atoms with van der Waals surface area (Å²) in [6.45, 7) is 0.151. The Labute approximate surface area is 98.1 Å². The first kappa shape index (κ1) is 11.2. The van der Waals surface area contributed by atoms with Crippen LogP contribution in [0.25, 0.3) is 10.9 Å². The first-order valence-electron chi connectivity index (χ1n) is 5.03. The van der Waals surface area contributed by atoms with Crippen LogP contribution in [0.3, 0.4) is 0 Å². The third-order valence-electron chi connectivity index (χ3n) is 2.12. The van der Waals surface area contributed by atoms with Gasteiger partial charge in [0.15, 0.2) is 0 Å². The van der Waals surface area contributed by atoms with Gasteiger partial charge < -0.3 is 10.4 Å². The highest BCUT2D eigenvalue weighted by atomic mass is 32.2. The summed E-state index contributed by atoms with van der Waals surface area (Å²) in [6.07, 6.45) is 0. The Kier molecular flexibility index (Phi) is 3.58. The number of aromatic nitrogens is 2. The fourth-order valence-corrected chi connectivity index (χ4v) is 2.18. The molecule has 0 radical (unpaired) electrons. The third-order valence-corrected chi connectivity index (χ3v) is 3.09. The predicted molar refractivity (Wildman–Crippen MR) is 66.9 cm³/mol. The number of hydrogen-bond donors (Lipinski definition) is 2. The second-order valence-electron chi connectivity index (χ2n) is 3.19. The molecule has 0 spiro atoms. The maximum atomic E-state index is 8.85. The van der Waals surface area contributed by atoms with E-state index in [4.69, 9.17) is 5.11 Å². The summed E-state index contributed by atoms with van der Waals surface area (Å²) < 4.78 is 0. The number of rotatable bonds is 4. The van der Waals surface area contributed by atoms with Crippen molar-refractivity contribution in [2.45, 2.75) is 5.03 Å².